The Morgan fingerprint density at radius 3 is 2.56 bits per heavy atom. The lowest BCUT2D eigenvalue weighted by molar-refractivity contribution is -0.154. The molecule has 2 bridgehead atoms. The maximum Gasteiger partial charge on any atom is 0.311 e. The van der Waals surface area contributed by atoms with Gasteiger partial charge in [-0.3, -0.25) is 9.59 Å². The van der Waals surface area contributed by atoms with Gasteiger partial charge in [0.05, 0.1) is 11.3 Å². The Balaban J connectivity index is 1.54. The maximum atomic E-state index is 12.1. The van der Waals surface area contributed by atoms with Crippen LogP contribution in [-0.2, 0) is 9.59 Å². The number of fused-ring (bicyclic) bond motifs is 2. The Morgan fingerprint density at radius 1 is 1.33 bits per heavy atom. The molecule has 5 nitrogen and oxygen atoms in total. The van der Waals surface area contributed by atoms with E-state index in [4.69, 9.17) is 0 Å². The topological polar surface area (TPSA) is 78.4 Å². The fraction of sp³-hybridized carbons (Fsp3) is 0.846. The van der Waals surface area contributed by atoms with E-state index in [1.807, 2.05) is 0 Å². The van der Waals surface area contributed by atoms with Crippen molar-refractivity contribution in [3.8, 4) is 0 Å². The zero-order valence-corrected chi connectivity index (χ0v) is 10.4. The average molecular weight is 252 g/mol. The highest BCUT2D eigenvalue weighted by Crippen LogP contribution is 2.41. The monoisotopic (exact) mass is 252 g/mol. The predicted octanol–water partition coefficient (Wildman–Crippen LogP) is 0.498. The number of carboxylic acid groups (broad SMARTS) is 1. The van der Waals surface area contributed by atoms with Crippen LogP contribution in [-0.4, -0.2) is 35.6 Å². The van der Waals surface area contributed by atoms with Gasteiger partial charge in [-0.05, 0) is 32.1 Å². The summed E-state index contributed by atoms with van der Waals surface area (Å²) in [5, 5.41) is 15.5. The minimum atomic E-state index is -0.764. The van der Waals surface area contributed by atoms with Crippen LogP contribution in [0.2, 0.25) is 0 Å². The maximum absolute atomic E-state index is 12.1. The fourth-order valence-corrected chi connectivity index (χ4v) is 3.57. The van der Waals surface area contributed by atoms with Crippen molar-refractivity contribution in [1.82, 2.24) is 10.6 Å². The number of aliphatic carboxylic acids is 1. The molecule has 3 rings (SSSR count). The van der Waals surface area contributed by atoms with Gasteiger partial charge >= 0.3 is 5.97 Å². The van der Waals surface area contributed by atoms with Gasteiger partial charge in [0.25, 0.3) is 0 Å². The molecule has 5 heteroatoms. The van der Waals surface area contributed by atoms with Gasteiger partial charge in [-0.2, -0.15) is 0 Å². The Labute approximate surface area is 106 Å². The molecule has 100 valence electrons. The molecule has 3 atom stereocenters. The summed E-state index contributed by atoms with van der Waals surface area (Å²) in [6, 6.07) is 0.819. The predicted molar refractivity (Wildman–Crippen MR) is 65.0 cm³/mol. The van der Waals surface area contributed by atoms with Crippen molar-refractivity contribution >= 4 is 11.9 Å². The third-order valence-electron chi connectivity index (χ3n) is 5.00. The molecule has 1 aliphatic carbocycles. The second-order valence-corrected chi connectivity index (χ2v) is 6.05. The van der Waals surface area contributed by atoms with E-state index >= 15 is 0 Å². The van der Waals surface area contributed by atoms with Crippen LogP contribution in [0.1, 0.15) is 38.5 Å². The third-order valence-corrected chi connectivity index (χ3v) is 5.00. The first-order valence-electron chi connectivity index (χ1n) is 6.88. The number of carbonyl (C=O) groups excluding carboxylic acids is 1. The van der Waals surface area contributed by atoms with Crippen molar-refractivity contribution < 1.29 is 14.7 Å². The van der Waals surface area contributed by atoms with E-state index in [1.54, 1.807) is 0 Å². The number of hydrogen-bond donors (Lipinski definition) is 3. The number of rotatable bonds is 4. The van der Waals surface area contributed by atoms with Crippen molar-refractivity contribution in [3.05, 3.63) is 0 Å². The van der Waals surface area contributed by atoms with Crippen molar-refractivity contribution in [2.75, 3.05) is 6.54 Å². The van der Waals surface area contributed by atoms with Crippen LogP contribution in [0.15, 0.2) is 0 Å². The van der Waals surface area contributed by atoms with Crippen molar-refractivity contribution in [2.45, 2.75) is 50.6 Å². The molecule has 3 unspecified atom stereocenters. The normalized spacial score (nSPS) is 36.1. The summed E-state index contributed by atoms with van der Waals surface area (Å²) >= 11 is 0. The number of hydrogen-bond acceptors (Lipinski definition) is 3. The highest BCUT2D eigenvalue weighted by molar-refractivity contribution is 5.82. The minimum Gasteiger partial charge on any atom is -0.481 e. The molecule has 0 aromatic carbocycles. The summed E-state index contributed by atoms with van der Waals surface area (Å²) in [6.45, 7) is 0.301. The van der Waals surface area contributed by atoms with E-state index in [1.165, 1.54) is 6.42 Å². The van der Waals surface area contributed by atoms with E-state index in [0.29, 0.717) is 31.5 Å². The summed E-state index contributed by atoms with van der Waals surface area (Å²) in [5.74, 6) is -0.669. The number of amides is 1. The van der Waals surface area contributed by atoms with E-state index in [9.17, 15) is 14.7 Å². The first-order chi connectivity index (χ1) is 8.61. The second kappa shape index (κ2) is 4.23. The molecule has 3 fully saturated rings. The Hall–Kier alpha value is -1.10. The Kier molecular flexibility index (Phi) is 2.81. The van der Waals surface area contributed by atoms with Gasteiger partial charge in [-0.1, -0.05) is 6.42 Å². The molecule has 1 saturated carbocycles. The van der Waals surface area contributed by atoms with Gasteiger partial charge in [0.1, 0.15) is 0 Å². The summed E-state index contributed by atoms with van der Waals surface area (Å²) < 4.78 is 0. The smallest absolute Gasteiger partial charge is 0.311 e. The zero-order valence-electron chi connectivity index (χ0n) is 10.4. The number of carbonyl (C=O) groups is 2. The molecule has 18 heavy (non-hydrogen) atoms. The van der Waals surface area contributed by atoms with Crippen LogP contribution in [0.3, 0.4) is 0 Å². The number of carboxylic acids is 1. The SMILES string of the molecule is O=C(NCC1(C(=O)O)CCC1)C1CC2CCC1N2. The molecule has 0 aromatic rings. The van der Waals surface area contributed by atoms with Crippen LogP contribution in [0.25, 0.3) is 0 Å². The van der Waals surface area contributed by atoms with Crippen molar-refractivity contribution in [1.29, 1.82) is 0 Å². The van der Waals surface area contributed by atoms with Crippen LogP contribution in [0.5, 0.6) is 0 Å². The van der Waals surface area contributed by atoms with Crippen LogP contribution < -0.4 is 10.6 Å². The highest BCUT2D eigenvalue weighted by Gasteiger charge is 2.46. The minimum absolute atomic E-state index is 0.0437. The van der Waals surface area contributed by atoms with E-state index in [-0.39, 0.29) is 11.8 Å². The Morgan fingerprint density at radius 2 is 2.11 bits per heavy atom. The van der Waals surface area contributed by atoms with Gasteiger partial charge in [-0.15, -0.1) is 0 Å². The van der Waals surface area contributed by atoms with Crippen LogP contribution >= 0.6 is 0 Å². The largest absolute Gasteiger partial charge is 0.481 e. The summed E-state index contributed by atoms with van der Waals surface area (Å²) in [7, 11) is 0. The lowest BCUT2D eigenvalue weighted by Crippen LogP contribution is -2.49. The van der Waals surface area contributed by atoms with Crippen LogP contribution in [0.4, 0.5) is 0 Å². The summed E-state index contributed by atoms with van der Waals surface area (Å²) in [6.07, 6.45) is 5.50. The summed E-state index contributed by atoms with van der Waals surface area (Å²) in [4.78, 5) is 23.3. The first kappa shape index (κ1) is 12.0. The quantitative estimate of drug-likeness (QED) is 0.680. The molecule has 2 heterocycles. The molecule has 3 N–H and O–H groups in total. The summed E-state index contributed by atoms with van der Waals surface area (Å²) in [5.41, 5.74) is -0.680. The standard InChI is InChI=1S/C13H20N2O3/c16-11(9-6-8-2-3-10(9)15-8)14-7-13(12(17)18)4-1-5-13/h8-10,15H,1-7H2,(H,14,16)(H,17,18). The Bertz CT molecular complexity index is 378. The average Bonchev–Trinajstić information content (AvgIpc) is 2.88. The van der Waals surface area contributed by atoms with E-state index in [2.05, 4.69) is 10.6 Å². The molecular formula is C13H20N2O3. The zero-order chi connectivity index (χ0) is 12.8. The number of nitrogens with one attached hydrogen (secondary N) is 2. The molecule has 0 spiro atoms. The molecule has 0 aromatic heterocycles. The third kappa shape index (κ3) is 1.81. The van der Waals surface area contributed by atoms with Gasteiger partial charge in [0.15, 0.2) is 0 Å². The molecule has 0 radical (unpaired) electrons. The second-order valence-electron chi connectivity index (χ2n) is 6.05. The van der Waals surface area contributed by atoms with Gasteiger partial charge < -0.3 is 15.7 Å². The lowest BCUT2D eigenvalue weighted by Gasteiger charge is -2.38. The van der Waals surface area contributed by atoms with Crippen molar-refractivity contribution in [2.24, 2.45) is 11.3 Å². The molecule has 2 aliphatic heterocycles. The van der Waals surface area contributed by atoms with Crippen LogP contribution in [0, 0.1) is 11.3 Å². The van der Waals surface area contributed by atoms with E-state index < -0.39 is 11.4 Å². The molecule has 1 amide bonds. The van der Waals surface area contributed by atoms with E-state index in [0.717, 1.165) is 19.3 Å². The van der Waals surface area contributed by atoms with Gasteiger partial charge in [0.2, 0.25) is 5.91 Å². The van der Waals surface area contributed by atoms with Gasteiger partial charge in [0, 0.05) is 18.6 Å². The highest BCUT2D eigenvalue weighted by atomic mass is 16.4. The molecular weight excluding hydrogens is 232 g/mol. The molecule has 3 aliphatic rings. The van der Waals surface area contributed by atoms with Crippen molar-refractivity contribution in [3.63, 3.8) is 0 Å². The first-order valence-corrected chi connectivity index (χ1v) is 6.88. The molecule has 2 saturated heterocycles. The van der Waals surface area contributed by atoms with Gasteiger partial charge in [-0.25, -0.2) is 0 Å². The fourth-order valence-electron chi connectivity index (χ4n) is 3.57. The lowest BCUT2D eigenvalue weighted by atomic mass is 9.68.